The van der Waals surface area contributed by atoms with Crippen molar-refractivity contribution in [3.05, 3.63) is 92.2 Å². The second-order valence-electron chi connectivity index (χ2n) is 7.38. The van der Waals surface area contributed by atoms with Gasteiger partial charge in [-0.05, 0) is 48.4 Å². The zero-order chi connectivity index (χ0) is 22.8. The van der Waals surface area contributed by atoms with Crippen LogP contribution in [-0.2, 0) is 17.8 Å². The number of urea groups is 1. The first-order valence-corrected chi connectivity index (χ1v) is 10.4. The number of carbonyl (C=O) groups excluding carboxylic acids is 2. The fourth-order valence-electron chi connectivity index (χ4n) is 3.56. The maximum Gasteiger partial charge on any atom is 0.329 e. The number of nitrogens with one attached hydrogen (secondary N) is 2. The van der Waals surface area contributed by atoms with Gasteiger partial charge in [0.1, 0.15) is 11.5 Å². The molecule has 0 saturated carbocycles. The maximum absolute atomic E-state index is 13.5. The summed E-state index contributed by atoms with van der Waals surface area (Å²) in [6.07, 6.45) is 2.71. The molecule has 2 N–H and O–H groups in total. The number of nitrogens with zero attached hydrogens (tertiary/aromatic N) is 2. The number of carbonyl (C=O) groups is 2. The number of amides is 3. The summed E-state index contributed by atoms with van der Waals surface area (Å²) in [5, 5.41) is 6.07. The Morgan fingerprint density at radius 1 is 1.09 bits per heavy atom. The van der Waals surface area contributed by atoms with E-state index in [1.807, 2.05) is 6.92 Å². The standard InChI is InChI=1S/C23H20ClFN4O3/c1-2-5-19-18(21(30)29(27-19)17-9-4-7-15(24)11-17)12-20-22(31)28(23(32)26-20)13-14-6-3-8-16(25)10-14/h3-4,6-12,27H,2,5,13H2,1H3,(H,26,32)/b20-12-. The third kappa shape index (κ3) is 4.22. The van der Waals surface area contributed by atoms with Crippen molar-refractivity contribution in [2.45, 2.75) is 26.3 Å². The molecule has 2 heterocycles. The minimum absolute atomic E-state index is 0.0156. The van der Waals surface area contributed by atoms with Crippen LogP contribution in [0, 0.1) is 5.82 Å². The van der Waals surface area contributed by atoms with E-state index < -0.39 is 17.8 Å². The Labute approximate surface area is 188 Å². The first kappa shape index (κ1) is 21.6. The highest BCUT2D eigenvalue weighted by atomic mass is 35.5. The van der Waals surface area contributed by atoms with Crippen molar-refractivity contribution in [2.24, 2.45) is 0 Å². The van der Waals surface area contributed by atoms with E-state index in [4.69, 9.17) is 11.6 Å². The topological polar surface area (TPSA) is 87.2 Å². The highest BCUT2D eigenvalue weighted by Gasteiger charge is 2.34. The van der Waals surface area contributed by atoms with Crippen LogP contribution < -0.4 is 10.9 Å². The monoisotopic (exact) mass is 454 g/mol. The minimum Gasteiger partial charge on any atom is -0.303 e. The van der Waals surface area contributed by atoms with Crippen molar-refractivity contribution in [1.29, 1.82) is 0 Å². The number of aromatic nitrogens is 2. The second kappa shape index (κ2) is 8.84. The molecule has 2 aromatic carbocycles. The Bertz CT molecular complexity index is 1290. The molecule has 4 rings (SSSR count). The maximum atomic E-state index is 13.5. The predicted octanol–water partition coefficient (Wildman–Crippen LogP) is 4.00. The van der Waals surface area contributed by atoms with Crippen LogP contribution >= 0.6 is 11.6 Å². The van der Waals surface area contributed by atoms with E-state index in [9.17, 15) is 18.8 Å². The third-order valence-electron chi connectivity index (χ3n) is 5.05. The SMILES string of the molecule is CCCc1[nH]n(-c2cccc(Cl)c2)c(=O)c1/C=C1\NC(=O)N(Cc2cccc(F)c2)C1=O. The van der Waals surface area contributed by atoms with Crippen LogP contribution in [-0.4, -0.2) is 26.6 Å². The van der Waals surface area contributed by atoms with Crippen LogP contribution in [0.25, 0.3) is 11.8 Å². The van der Waals surface area contributed by atoms with Crippen molar-refractivity contribution >= 4 is 29.6 Å². The summed E-state index contributed by atoms with van der Waals surface area (Å²) in [5.74, 6) is -1.04. The number of hydrogen-bond acceptors (Lipinski definition) is 3. The van der Waals surface area contributed by atoms with Crippen LogP contribution in [0.4, 0.5) is 9.18 Å². The molecule has 32 heavy (non-hydrogen) atoms. The van der Waals surface area contributed by atoms with Crippen LogP contribution in [0.2, 0.25) is 5.02 Å². The molecule has 7 nitrogen and oxygen atoms in total. The molecule has 1 saturated heterocycles. The van der Waals surface area contributed by atoms with Gasteiger partial charge < -0.3 is 5.32 Å². The van der Waals surface area contributed by atoms with Crippen molar-refractivity contribution in [1.82, 2.24) is 20.0 Å². The fourth-order valence-corrected chi connectivity index (χ4v) is 3.74. The smallest absolute Gasteiger partial charge is 0.303 e. The Morgan fingerprint density at radius 2 is 1.88 bits per heavy atom. The third-order valence-corrected chi connectivity index (χ3v) is 5.29. The lowest BCUT2D eigenvalue weighted by Crippen LogP contribution is -2.30. The summed E-state index contributed by atoms with van der Waals surface area (Å²) in [4.78, 5) is 39.3. The number of aryl methyl sites for hydroxylation is 1. The molecule has 1 fully saturated rings. The van der Waals surface area contributed by atoms with Crippen LogP contribution in [0.1, 0.15) is 30.2 Å². The number of rotatable bonds is 6. The second-order valence-corrected chi connectivity index (χ2v) is 7.82. The van der Waals surface area contributed by atoms with Gasteiger partial charge in [0.15, 0.2) is 0 Å². The van der Waals surface area contributed by atoms with Gasteiger partial charge in [-0.1, -0.05) is 43.1 Å². The van der Waals surface area contributed by atoms with Crippen molar-refractivity contribution < 1.29 is 14.0 Å². The molecular formula is C23H20ClFN4O3. The molecule has 1 aromatic heterocycles. The van der Waals surface area contributed by atoms with E-state index in [0.717, 1.165) is 11.3 Å². The average Bonchev–Trinajstić information content (AvgIpc) is 3.20. The van der Waals surface area contributed by atoms with E-state index in [0.29, 0.717) is 28.4 Å². The zero-order valence-corrected chi connectivity index (χ0v) is 17.9. The first-order valence-electron chi connectivity index (χ1n) is 10.1. The lowest BCUT2D eigenvalue weighted by molar-refractivity contribution is -0.123. The van der Waals surface area contributed by atoms with Crippen molar-refractivity contribution in [2.75, 3.05) is 0 Å². The summed E-state index contributed by atoms with van der Waals surface area (Å²) < 4.78 is 14.8. The molecule has 0 bridgehead atoms. The van der Waals surface area contributed by atoms with Gasteiger partial charge in [-0.15, -0.1) is 0 Å². The lowest BCUT2D eigenvalue weighted by Gasteiger charge is -2.11. The van der Waals surface area contributed by atoms with Gasteiger partial charge in [-0.2, -0.15) is 0 Å². The highest BCUT2D eigenvalue weighted by molar-refractivity contribution is 6.30. The molecule has 0 unspecified atom stereocenters. The molecule has 9 heteroatoms. The van der Waals surface area contributed by atoms with E-state index in [-0.39, 0.29) is 23.4 Å². The van der Waals surface area contributed by atoms with Crippen LogP contribution in [0.3, 0.4) is 0 Å². The minimum atomic E-state index is -0.631. The Kier molecular flexibility index (Phi) is 5.96. The first-order chi connectivity index (χ1) is 15.4. The summed E-state index contributed by atoms with van der Waals surface area (Å²) >= 11 is 6.06. The van der Waals surface area contributed by atoms with Gasteiger partial charge in [0.05, 0.1) is 17.8 Å². The zero-order valence-electron chi connectivity index (χ0n) is 17.2. The van der Waals surface area contributed by atoms with Gasteiger partial charge in [-0.3, -0.25) is 19.6 Å². The van der Waals surface area contributed by atoms with E-state index in [2.05, 4.69) is 10.4 Å². The van der Waals surface area contributed by atoms with Crippen LogP contribution in [0.15, 0.2) is 59.0 Å². The van der Waals surface area contributed by atoms with E-state index >= 15 is 0 Å². The number of hydrogen-bond donors (Lipinski definition) is 2. The average molecular weight is 455 g/mol. The predicted molar refractivity (Wildman–Crippen MR) is 119 cm³/mol. The Balaban J connectivity index is 1.69. The molecule has 1 aliphatic rings. The molecule has 0 aliphatic carbocycles. The highest BCUT2D eigenvalue weighted by Crippen LogP contribution is 2.20. The lowest BCUT2D eigenvalue weighted by atomic mass is 10.1. The summed E-state index contributed by atoms with van der Waals surface area (Å²) in [5.41, 5.74) is 1.57. The summed E-state index contributed by atoms with van der Waals surface area (Å²) in [7, 11) is 0. The van der Waals surface area contributed by atoms with Gasteiger partial charge in [0.2, 0.25) is 0 Å². The van der Waals surface area contributed by atoms with Crippen molar-refractivity contribution in [3.8, 4) is 5.69 Å². The van der Waals surface area contributed by atoms with E-state index in [1.165, 1.54) is 29.0 Å². The number of halogens is 2. The van der Waals surface area contributed by atoms with Gasteiger partial charge in [-0.25, -0.2) is 13.9 Å². The summed E-state index contributed by atoms with van der Waals surface area (Å²) in [6, 6.07) is 11.9. The Hall–Kier alpha value is -3.65. The van der Waals surface area contributed by atoms with Crippen LogP contribution in [0.5, 0.6) is 0 Å². The molecule has 0 atom stereocenters. The molecule has 164 valence electrons. The quantitative estimate of drug-likeness (QED) is 0.436. The van der Waals surface area contributed by atoms with Crippen molar-refractivity contribution in [3.63, 3.8) is 0 Å². The van der Waals surface area contributed by atoms with Gasteiger partial charge in [0.25, 0.3) is 11.5 Å². The number of H-pyrrole nitrogens is 1. The molecule has 0 radical (unpaired) electrons. The van der Waals surface area contributed by atoms with E-state index in [1.54, 1.807) is 30.3 Å². The molecule has 3 aromatic rings. The molecule has 0 spiro atoms. The van der Waals surface area contributed by atoms with Gasteiger partial charge in [0, 0.05) is 10.7 Å². The molecular weight excluding hydrogens is 435 g/mol. The molecule has 3 amide bonds. The number of benzene rings is 2. The van der Waals surface area contributed by atoms with Gasteiger partial charge >= 0.3 is 6.03 Å². The fraction of sp³-hybridized carbons (Fsp3) is 0.174. The number of imide groups is 1. The Morgan fingerprint density at radius 3 is 2.59 bits per heavy atom. The largest absolute Gasteiger partial charge is 0.329 e. The normalized spacial score (nSPS) is 15.0. The number of aromatic amines is 1. The molecule has 1 aliphatic heterocycles. The summed E-state index contributed by atoms with van der Waals surface area (Å²) in [6.45, 7) is 1.89.